The molecule has 4 rings (SSSR count). The maximum absolute atomic E-state index is 13.9. The van der Waals surface area contributed by atoms with Gasteiger partial charge in [-0.05, 0) is 37.3 Å². The number of benzene rings is 2. The first kappa shape index (κ1) is 19.7. The van der Waals surface area contributed by atoms with Crippen molar-refractivity contribution in [3.8, 4) is 5.75 Å². The van der Waals surface area contributed by atoms with Crippen LogP contribution in [0.3, 0.4) is 0 Å². The van der Waals surface area contributed by atoms with Crippen molar-refractivity contribution >= 4 is 28.8 Å². The number of rotatable bonds is 5. The van der Waals surface area contributed by atoms with E-state index in [0.29, 0.717) is 22.1 Å². The first-order valence-electron chi connectivity index (χ1n) is 8.88. The molecule has 0 atom stereocenters. The van der Waals surface area contributed by atoms with Crippen LogP contribution in [-0.4, -0.2) is 15.5 Å². The zero-order valence-corrected chi connectivity index (χ0v) is 16.4. The van der Waals surface area contributed by atoms with E-state index in [4.69, 9.17) is 20.9 Å². The van der Waals surface area contributed by atoms with Gasteiger partial charge in [0.25, 0.3) is 11.5 Å². The van der Waals surface area contributed by atoms with Gasteiger partial charge in [-0.25, -0.2) is 9.37 Å². The number of fused-ring (bicyclic) bond motifs is 1. The average Bonchev–Trinajstić information content (AvgIpc) is 3.08. The van der Waals surface area contributed by atoms with E-state index >= 15 is 0 Å². The zero-order chi connectivity index (χ0) is 21.3. The quantitative estimate of drug-likeness (QED) is 0.515. The van der Waals surface area contributed by atoms with Gasteiger partial charge in [0, 0.05) is 17.2 Å². The third-order valence-corrected chi connectivity index (χ3v) is 4.44. The normalized spacial score (nSPS) is 10.9. The Kier molecular flexibility index (Phi) is 5.24. The molecule has 0 fully saturated rings. The van der Waals surface area contributed by atoms with Crippen molar-refractivity contribution in [3.05, 3.63) is 92.8 Å². The van der Waals surface area contributed by atoms with Crippen LogP contribution in [0.1, 0.15) is 21.8 Å². The molecule has 0 aliphatic rings. The summed E-state index contributed by atoms with van der Waals surface area (Å²) in [5.74, 6) is -0.456. The standard InChI is InChI=1S/C21H15ClFN3O4/c1-12-8-19-24-14(10-20(27)26(19)30-12)11-29-18-7-6-13(22)9-17(18)25-21(28)15-4-2-3-5-16(15)23/h2-10H,11H2,1H3,(H,25,28). The lowest BCUT2D eigenvalue weighted by molar-refractivity contribution is 0.102. The predicted octanol–water partition coefficient (Wildman–Crippen LogP) is 4.22. The Balaban J connectivity index is 1.57. The van der Waals surface area contributed by atoms with Gasteiger partial charge < -0.3 is 14.6 Å². The van der Waals surface area contributed by atoms with Crippen molar-refractivity contribution in [2.45, 2.75) is 13.5 Å². The Bertz CT molecular complexity index is 1320. The highest BCUT2D eigenvalue weighted by atomic mass is 35.5. The Hall–Kier alpha value is -3.65. The van der Waals surface area contributed by atoms with Crippen molar-refractivity contribution in [3.63, 3.8) is 0 Å². The van der Waals surface area contributed by atoms with E-state index in [1.165, 1.54) is 30.3 Å². The number of anilines is 1. The van der Waals surface area contributed by atoms with Crippen LogP contribution in [0.25, 0.3) is 5.65 Å². The minimum Gasteiger partial charge on any atom is -0.485 e. The average molecular weight is 428 g/mol. The molecule has 0 saturated carbocycles. The Morgan fingerprint density at radius 2 is 2.03 bits per heavy atom. The number of carbonyl (C=O) groups excluding carboxylic acids is 1. The summed E-state index contributed by atoms with van der Waals surface area (Å²) in [5.41, 5.74) is 0.507. The van der Waals surface area contributed by atoms with Gasteiger partial charge in [0.2, 0.25) is 0 Å². The number of halogens is 2. The molecule has 2 aromatic carbocycles. The van der Waals surface area contributed by atoms with Crippen LogP contribution in [0.15, 0.2) is 63.9 Å². The Morgan fingerprint density at radius 3 is 2.83 bits per heavy atom. The molecule has 0 saturated heterocycles. The van der Waals surface area contributed by atoms with Gasteiger partial charge in [0.05, 0.1) is 16.9 Å². The maximum atomic E-state index is 13.9. The largest absolute Gasteiger partial charge is 0.485 e. The number of carbonyl (C=O) groups is 1. The van der Waals surface area contributed by atoms with Crippen molar-refractivity contribution in [1.82, 2.24) is 9.56 Å². The van der Waals surface area contributed by atoms with Gasteiger partial charge in [-0.15, -0.1) is 4.57 Å². The van der Waals surface area contributed by atoms with Gasteiger partial charge in [-0.1, -0.05) is 23.7 Å². The summed E-state index contributed by atoms with van der Waals surface area (Å²) in [6, 6.07) is 13.2. The topological polar surface area (TPSA) is 85.8 Å². The number of amides is 1. The van der Waals surface area contributed by atoms with E-state index in [9.17, 15) is 14.0 Å². The van der Waals surface area contributed by atoms with Gasteiger partial charge in [-0.2, -0.15) is 0 Å². The van der Waals surface area contributed by atoms with E-state index in [0.717, 1.165) is 4.57 Å². The van der Waals surface area contributed by atoms with Crippen LogP contribution in [0.2, 0.25) is 5.02 Å². The van der Waals surface area contributed by atoms with E-state index in [1.807, 2.05) is 0 Å². The first-order chi connectivity index (χ1) is 14.4. The summed E-state index contributed by atoms with van der Waals surface area (Å²) in [6.07, 6.45) is 0. The summed E-state index contributed by atoms with van der Waals surface area (Å²) in [5, 5.41) is 2.96. The number of aryl methyl sites for hydroxylation is 1. The second-order valence-electron chi connectivity index (χ2n) is 6.45. The fourth-order valence-electron chi connectivity index (χ4n) is 2.86. The van der Waals surface area contributed by atoms with E-state index in [2.05, 4.69) is 10.3 Å². The van der Waals surface area contributed by atoms with Crippen molar-refractivity contribution < 1.29 is 18.4 Å². The van der Waals surface area contributed by atoms with Crippen molar-refractivity contribution in [1.29, 1.82) is 0 Å². The number of nitrogens with one attached hydrogen (secondary N) is 1. The third kappa shape index (κ3) is 4.04. The highest BCUT2D eigenvalue weighted by Gasteiger charge is 2.15. The zero-order valence-electron chi connectivity index (χ0n) is 15.7. The molecule has 1 N–H and O–H groups in total. The second-order valence-corrected chi connectivity index (χ2v) is 6.88. The number of nitrogens with zero attached hydrogens (tertiary/aromatic N) is 2. The van der Waals surface area contributed by atoms with Gasteiger partial charge in [0.1, 0.15) is 23.9 Å². The molecule has 9 heteroatoms. The first-order valence-corrected chi connectivity index (χ1v) is 9.26. The molecule has 0 unspecified atom stereocenters. The summed E-state index contributed by atoms with van der Waals surface area (Å²) >= 11 is 6.04. The molecular weight excluding hydrogens is 413 g/mol. The van der Waals surface area contributed by atoms with Crippen LogP contribution in [0.4, 0.5) is 10.1 Å². The number of hydrogen-bond acceptors (Lipinski definition) is 5. The predicted molar refractivity (Wildman–Crippen MR) is 109 cm³/mol. The molecule has 30 heavy (non-hydrogen) atoms. The highest BCUT2D eigenvalue weighted by molar-refractivity contribution is 6.31. The van der Waals surface area contributed by atoms with Gasteiger partial charge in [0.15, 0.2) is 5.65 Å². The van der Waals surface area contributed by atoms with Gasteiger partial charge >= 0.3 is 0 Å². The van der Waals surface area contributed by atoms with E-state index in [-0.39, 0.29) is 29.2 Å². The smallest absolute Gasteiger partial charge is 0.287 e. The molecule has 7 nitrogen and oxygen atoms in total. The van der Waals surface area contributed by atoms with Crippen LogP contribution >= 0.6 is 11.6 Å². The molecule has 152 valence electrons. The summed E-state index contributed by atoms with van der Waals surface area (Å²) in [4.78, 5) is 28.9. The lowest BCUT2D eigenvalue weighted by Crippen LogP contribution is -2.16. The van der Waals surface area contributed by atoms with Crippen LogP contribution in [0.5, 0.6) is 5.75 Å². The fourth-order valence-corrected chi connectivity index (χ4v) is 3.03. The highest BCUT2D eigenvalue weighted by Crippen LogP contribution is 2.29. The number of aromatic nitrogens is 2. The summed E-state index contributed by atoms with van der Waals surface area (Å²) in [6.45, 7) is 1.67. The third-order valence-electron chi connectivity index (χ3n) is 4.21. The van der Waals surface area contributed by atoms with Crippen LogP contribution in [0, 0.1) is 12.7 Å². The molecular formula is C21H15ClFN3O4. The molecule has 0 bridgehead atoms. The van der Waals surface area contributed by atoms with Gasteiger partial charge in [-0.3, -0.25) is 9.59 Å². The van der Waals surface area contributed by atoms with Crippen LogP contribution < -0.4 is 15.6 Å². The summed E-state index contributed by atoms with van der Waals surface area (Å²) in [7, 11) is 0. The molecule has 2 heterocycles. The SMILES string of the molecule is Cc1cc2nc(COc3ccc(Cl)cc3NC(=O)c3ccccc3F)cc(=O)n2o1. The molecule has 0 aliphatic heterocycles. The van der Waals surface area contributed by atoms with Crippen LogP contribution in [-0.2, 0) is 6.61 Å². The fraction of sp³-hybridized carbons (Fsp3) is 0.0952. The molecule has 0 spiro atoms. The second kappa shape index (κ2) is 8.00. The van der Waals surface area contributed by atoms with Crippen molar-refractivity contribution in [2.75, 3.05) is 5.32 Å². The number of hydrogen-bond donors (Lipinski definition) is 1. The molecule has 1 amide bonds. The minimum atomic E-state index is -0.646. The lowest BCUT2D eigenvalue weighted by atomic mass is 10.2. The molecule has 2 aromatic heterocycles. The molecule has 0 aliphatic carbocycles. The monoisotopic (exact) mass is 427 g/mol. The van der Waals surface area contributed by atoms with E-state index < -0.39 is 11.7 Å². The Morgan fingerprint density at radius 1 is 1.23 bits per heavy atom. The molecule has 4 aromatic rings. The molecule has 0 radical (unpaired) electrons. The van der Waals surface area contributed by atoms with E-state index in [1.54, 1.807) is 31.2 Å². The van der Waals surface area contributed by atoms with Crippen molar-refractivity contribution in [2.24, 2.45) is 0 Å². The maximum Gasteiger partial charge on any atom is 0.287 e. The minimum absolute atomic E-state index is 0.0415. The number of ether oxygens (including phenoxy) is 1. The lowest BCUT2D eigenvalue weighted by Gasteiger charge is -2.13. The Labute approximate surface area is 174 Å². The summed E-state index contributed by atoms with van der Waals surface area (Å²) < 4.78 is 26.0.